The number of primary amides is 1. The van der Waals surface area contributed by atoms with Crippen molar-refractivity contribution in [1.29, 1.82) is 0 Å². The highest BCUT2D eigenvalue weighted by molar-refractivity contribution is 5.77. The number of hydrogen-bond acceptors (Lipinski definition) is 2. The lowest BCUT2D eigenvalue weighted by atomic mass is 9.85. The number of nitrogens with one attached hydrogen (secondary N) is 1. The Morgan fingerprint density at radius 1 is 1.53 bits per heavy atom. The molecule has 1 aromatic rings. The average molecular weight is 236 g/mol. The van der Waals surface area contributed by atoms with Crippen LogP contribution in [0.2, 0.25) is 0 Å². The molecule has 1 aromatic carbocycles. The fraction of sp³-hybridized carbons (Fsp3) is 0.462. The summed E-state index contributed by atoms with van der Waals surface area (Å²) >= 11 is 0. The van der Waals surface area contributed by atoms with Crippen molar-refractivity contribution in [3.05, 3.63) is 35.1 Å². The molecular formula is C13H17FN2O. The monoisotopic (exact) mass is 236 g/mol. The molecule has 0 spiro atoms. The summed E-state index contributed by atoms with van der Waals surface area (Å²) in [5.41, 5.74) is 6.91. The summed E-state index contributed by atoms with van der Waals surface area (Å²) in [5.74, 6) is -0.954. The molecule has 0 aliphatic carbocycles. The highest BCUT2D eigenvalue weighted by Gasteiger charge is 2.31. The van der Waals surface area contributed by atoms with Gasteiger partial charge in [-0.15, -0.1) is 0 Å². The van der Waals surface area contributed by atoms with Gasteiger partial charge in [0.15, 0.2) is 0 Å². The normalized spacial score (nSPS) is 24.6. The lowest BCUT2D eigenvalue weighted by Gasteiger charge is -2.31. The lowest BCUT2D eigenvalue weighted by Crippen LogP contribution is -2.41. The number of nitrogens with two attached hydrogens (primary N) is 1. The highest BCUT2D eigenvalue weighted by Crippen LogP contribution is 2.31. The van der Waals surface area contributed by atoms with E-state index >= 15 is 0 Å². The third-order valence-electron chi connectivity index (χ3n) is 3.31. The Morgan fingerprint density at radius 3 is 3.00 bits per heavy atom. The van der Waals surface area contributed by atoms with Gasteiger partial charge in [0.05, 0.1) is 5.92 Å². The summed E-state index contributed by atoms with van der Waals surface area (Å²) < 4.78 is 13.8. The van der Waals surface area contributed by atoms with Crippen molar-refractivity contribution in [3.63, 3.8) is 0 Å². The van der Waals surface area contributed by atoms with E-state index in [4.69, 9.17) is 5.73 Å². The molecule has 0 bridgehead atoms. The van der Waals surface area contributed by atoms with Gasteiger partial charge < -0.3 is 11.1 Å². The van der Waals surface area contributed by atoms with E-state index in [1.165, 1.54) is 6.07 Å². The van der Waals surface area contributed by atoms with Crippen LogP contribution in [-0.2, 0) is 4.79 Å². The first-order valence-corrected chi connectivity index (χ1v) is 5.88. The second-order valence-electron chi connectivity index (χ2n) is 4.61. The minimum atomic E-state index is -0.358. The Hall–Kier alpha value is -1.42. The first-order valence-electron chi connectivity index (χ1n) is 5.88. The zero-order valence-electron chi connectivity index (χ0n) is 9.87. The van der Waals surface area contributed by atoms with E-state index in [-0.39, 0.29) is 23.7 Å². The molecule has 3 N–H and O–H groups in total. The van der Waals surface area contributed by atoms with Gasteiger partial charge in [-0.1, -0.05) is 17.7 Å². The maximum absolute atomic E-state index is 13.8. The van der Waals surface area contributed by atoms with Gasteiger partial charge in [-0.25, -0.2) is 4.39 Å². The fourth-order valence-electron chi connectivity index (χ4n) is 2.42. The smallest absolute Gasteiger partial charge is 0.222 e. The van der Waals surface area contributed by atoms with Crippen molar-refractivity contribution in [3.8, 4) is 0 Å². The third kappa shape index (κ3) is 2.47. The van der Waals surface area contributed by atoms with E-state index < -0.39 is 0 Å². The molecule has 2 atom stereocenters. The van der Waals surface area contributed by atoms with Crippen molar-refractivity contribution >= 4 is 5.91 Å². The number of rotatable bonds is 2. The van der Waals surface area contributed by atoms with Crippen LogP contribution >= 0.6 is 0 Å². The summed E-state index contributed by atoms with van der Waals surface area (Å²) in [6.07, 6.45) is 1.62. The first kappa shape index (κ1) is 12.0. The van der Waals surface area contributed by atoms with Crippen LogP contribution in [-0.4, -0.2) is 12.5 Å². The van der Waals surface area contributed by atoms with Crippen molar-refractivity contribution in [2.24, 2.45) is 11.7 Å². The van der Waals surface area contributed by atoms with Gasteiger partial charge in [-0.2, -0.15) is 0 Å². The van der Waals surface area contributed by atoms with Crippen LogP contribution in [0, 0.1) is 18.7 Å². The molecule has 92 valence electrons. The molecule has 0 aromatic heterocycles. The summed E-state index contributed by atoms with van der Waals surface area (Å²) in [6, 6.07) is 4.66. The van der Waals surface area contributed by atoms with E-state index in [1.54, 1.807) is 12.1 Å². The molecule has 2 rings (SSSR count). The summed E-state index contributed by atoms with van der Waals surface area (Å²) in [6.45, 7) is 2.70. The number of aryl methyl sites for hydroxylation is 1. The first-order chi connectivity index (χ1) is 8.09. The van der Waals surface area contributed by atoms with Gasteiger partial charge in [-0.05, 0) is 32.4 Å². The van der Waals surface area contributed by atoms with E-state index in [9.17, 15) is 9.18 Å². The zero-order chi connectivity index (χ0) is 12.4. The quantitative estimate of drug-likeness (QED) is 0.820. The molecule has 1 aliphatic heterocycles. The Labute approximate surface area is 100 Å². The fourth-order valence-corrected chi connectivity index (χ4v) is 2.42. The highest BCUT2D eigenvalue weighted by atomic mass is 19.1. The summed E-state index contributed by atoms with van der Waals surface area (Å²) in [7, 11) is 0. The Morgan fingerprint density at radius 2 is 2.29 bits per heavy atom. The molecule has 3 nitrogen and oxygen atoms in total. The maximum Gasteiger partial charge on any atom is 0.222 e. The van der Waals surface area contributed by atoms with E-state index in [1.807, 2.05) is 6.92 Å². The zero-order valence-corrected chi connectivity index (χ0v) is 9.87. The van der Waals surface area contributed by atoms with Crippen molar-refractivity contribution < 1.29 is 9.18 Å². The average Bonchev–Trinajstić information content (AvgIpc) is 2.32. The number of hydrogen-bond donors (Lipinski definition) is 2. The number of benzene rings is 1. The van der Waals surface area contributed by atoms with Gasteiger partial charge in [0.1, 0.15) is 5.82 Å². The van der Waals surface area contributed by atoms with Gasteiger partial charge >= 0.3 is 0 Å². The Kier molecular flexibility index (Phi) is 3.43. The SMILES string of the molecule is Cc1ccc(F)c(C2NCCCC2C(N)=O)c1. The minimum Gasteiger partial charge on any atom is -0.369 e. The van der Waals surface area contributed by atoms with Gasteiger partial charge in [0.2, 0.25) is 5.91 Å². The van der Waals surface area contributed by atoms with Crippen LogP contribution in [0.3, 0.4) is 0 Å². The molecule has 2 unspecified atom stereocenters. The second kappa shape index (κ2) is 4.84. The number of carbonyl (C=O) groups is 1. The van der Waals surface area contributed by atoms with Crippen LogP contribution in [0.1, 0.15) is 30.0 Å². The molecule has 0 saturated carbocycles. The number of piperidine rings is 1. The molecule has 1 fully saturated rings. The summed E-state index contributed by atoms with van der Waals surface area (Å²) in [5, 5.41) is 3.19. The van der Waals surface area contributed by atoms with Crippen LogP contribution in [0.25, 0.3) is 0 Å². The molecule has 1 saturated heterocycles. The number of halogens is 1. The Balaban J connectivity index is 2.35. The number of carbonyl (C=O) groups excluding carboxylic acids is 1. The minimum absolute atomic E-state index is 0.277. The van der Waals surface area contributed by atoms with Crippen LogP contribution < -0.4 is 11.1 Å². The molecular weight excluding hydrogens is 219 g/mol. The molecule has 1 aliphatic rings. The van der Waals surface area contributed by atoms with Crippen molar-refractivity contribution in [2.45, 2.75) is 25.8 Å². The topological polar surface area (TPSA) is 55.1 Å². The second-order valence-corrected chi connectivity index (χ2v) is 4.61. The van der Waals surface area contributed by atoms with E-state index in [0.717, 1.165) is 24.9 Å². The van der Waals surface area contributed by atoms with Crippen molar-refractivity contribution in [2.75, 3.05) is 6.54 Å². The van der Waals surface area contributed by atoms with Gasteiger partial charge in [0, 0.05) is 11.6 Å². The summed E-state index contributed by atoms with van der Waals surface area (Å²) in [4.78, 5) is 11.4. The van der Waals surface area contributed by atoms with E-state index in [2.05, 4.69) is 5.32 Å². The maximum atomic E-state index is 13.8. The molecule has 0 radical (unpaired) electrons. The molecule has 1 heterocycles. The molecule has 4 heteroatoms. The predicted molar refractivity (Wildman–Crippen MR) is 63.8 cm³/mol. The van der Waals surface area contributed by atoms with Crippen LogP contribution in [0.15, 0.2) is 18.2 Å². The van der Waals surface area contributed by atoms with Crippen LogP contribution in [0.4, 0.5) is 4.39 Å². The standard InChI is InChI=1S/C13H17FN2O/c1-8-4-5-11(14)10(7-8)12-9(13(15)17)3-2-6-16-12/h4-5,7,9,12,16H,2-3,6H2,1H3,(H2,15,17). The largest absolute Gasteiger partial charge is 0.369 e. The van der Waals surface area contributed by atoms with Gasteiger partial charge in [0.25, 0.3) is 0 Å². The van der Waals surface area contributed by atoms with Crippen molar-refractivity contribution in [1.82, 2.24) is 5.32 Å². The number of amides is 1. The van der Waals surface area contributed by atoms with Crippen LogP contribution in [0.5, 0.6) is 0 Å². The Bertz CT molecular complexity index is 433. The molecule has 17 heavy (non-hydrogen) atoms. The lowest BCUT2D eigenvalue weighted by molar-refractivity contribution is -0.123. The van der Waals surface area contributed by atoms with Gasteiger partial charge in [-0.3, -0.25) is 4.79 Å². The predicted octanol–water partition coefficient (Wildman–Crippen LogP) is 1.66. The third-order valence-corrected chi connectivity index (χ3v) is 3.31. The van der Waals surface area contributed by atoms with E-state index in [0.29, 0.717) is 5.56 Å². The molecule has 1 amide bonds.